The van der Waals surface area contributed by atoms with Gasteiger partial charge in [0.1, 0.15) is 0 Å². The van der Waals surface area contributed by atoms with E-state index in [4.69, 9.17) is 0 Å². The molecule has 0 bridgehead atoms. The van der Waals surface area contributed by atoms with Gasteiger partial charge in [-0.25, -0.2) is 8.42 Å². The molecule has 0 saturated carbocycles. The van der Waals surface area contributed by atoms with Crippen LogP contribution < -0.4 is 10.6 Å². The molecule has 1 aliphatic rings. The first-order valence-corrected chi connectivity index (χ1v) is 8.01. The molecule has 1 heterocycles. The Balaban J connectivity index is 1.85. The lowest BCUT2D eigenvalue weighted by Crippen LogP contribution is -2.48. The molecule has 1 saturated heterocycles. The van der Waals surface area contributed by atoms with Gasteiger partial charge in [0.2, 0.25) is 5.91 Å². The maximum Gasteiger partial charge on any atom is 0.239 e. The normalized spacial score (nSPS) is 24.9. The summed E-state index contributed by atoms with van der Waals surface area (Å²) in [7, 11) is -3.00. The number of amides is 1. The summed E-state index contributed by atoms with van der Waals surface area (Å²) in [6.45, 7) is 1.91. The van der Waals surface area contributed by atoms with Crippen LogP contribution >= 0.6 is 0 Å². The van der Waals surface area contributed by atoms with E-state index in [2.05, 4.69) is 10.6 Å². The Labute approximate surface area is 113 Å². The molecule has 0 unspecified atom stereocenters. The van der Waals surface area contributed by atoms with Gasteiger partial charge in [-0.2, -0.15) is 0 Å². The summed E-state index contributed by atoms with van der Waals surface area (Å²) < 4.78 is 22.9. The fourth-order valence-corrected chi connectivity index (χ4v) is 4.32. The molecule has 1 atom stereocenters. The Bertz CT molecular complexity index is 557. The number of hydrogen-bond donors (Lipinski definition) is 2. The fraction of sp³-hybridized carbons (Fsp3) is 0.462. The molecule has 1 fully saturated rings. The van der Waals surface area contributed by atoms with Crippen LogP contribution in [0.1, 0.15) is 13.3 Å². The van der Waals surface area contributed by atoms with Crippen molar-refractivity contribution in [2.24, 2.45) is 0 Å². The van der Waals surface area contributed by atoms with E-state index in [1.165, 1.54) is 0 Å². The maximum absolute atomic E-state index is 11.8. The van der Waals surface area contributed by atoms with E-state index in [9.17, 15) is 13.2 Å². The van der Waals surface area contributed by atoms with Crippen molar-refractivity contribution in [3.63, 3.8) is 0 Å². The van der Waals surface area contributed by atoms with Crippen molar-refractivity contribution in [2.45, 2.75) is 18.9 Å². The third kappa shape index (κ3) is 3.96. The first kappa shape index (κ1) is 13.9. The average Bonchev–Trinajstić information content (AvgIpc) is 2.62. The summed E-state index contributed by atoms with van der Waals surface area (Å²) >= 11 is 0. The van der Waals surface area contributed by atoms with Gasteiger partial charge in [-0.3, -0.25) is 4.79 Å². The molecule has 6 heteroatoms. The number of carbonyl (C=O) groups excluding carboxylic acids is 1. The molecule has 104 valence electrons. The molecule has 0 aromatic heterocycles. The Morgan fingerprint density at radius 3 is 2.58 bits per heavy atom. The van der Waals surface area contributed by atoms with Gasteiger partial charge >= 0.3 is 0 Å². The Morgan fingerprint density at radius 2 is 2.00 bits per heavy atom. The van der Waals surface area contributed by atoms with Crippen molar-refractivity contribution in [2.75, 3.05) is 23.4 Å². The van der Waals surface area contributed by atoms with E-state index in [-0.39, 0.29) is 24.0 Å². The lowest BCUT2D eigenvalue weighted by Gasteiger charge is -2.24. The Morgan fingerprint density at radius 1 is 1.32 bits per heavy atom. The highest BCUT2D eigenvalue weighted by Crippen LogP contribution is 2.22. The molecule has 2 rings (SSSR count). The predicted molar refractivity (Wildman–Crippen MR) is 74.8 cm³/mol. The van der Waals surface area contributed by atoms with Gasteiger partial charge in [0, 0.05) is 5.69 Å². The summed E-state index contributed by atoms with van der Waals surface area (Å²) in [6.07, 6.45) is 0.479. The first-order valence-electron chi connectivity index (χ1n) is 6.19. The zero-order valence-electron chi connectivity index (χ0n) is 10.8. The number of para-hydroxylation sites is 1. The summed E-state index contributed by atoms with van der Waals surface area (Å²) in [5.74, 6) is -0.0177. The van der Waals surface area contributed by atoms with E-state index in [0.717, 1.165) is 5.69 Å². The minimum absolute atomic E-state index is 0.0249. The largest absolute Gasteiger partial charge is 0.376 e. The zero-order chi connectivity index (χ0) is 13.9. The van der Waals surface area contributed by atoms with Crippen molar-refractivity contribution in [1.29, 1.82) is 0 Å². The van der Waals surface area contributed by atoms with Gasteiger partial charge in [-0.1, -0.05) is 18.2 Å². The second-order valence-corrected chi connectivity index (χ2v) is 7.35. The molecule has 0 aliphatic carbocycles. The zero-order valence-corrected chi connectivity index (χ0v) is 11.7. The van der Waals surface area contributed by atoms with Gasteiger partial charge < -0.3 is 10.6 Å². The number of benzene rings is 1. The SMILES string of the molecule is C[C@]1(NC(=O)CNc2ccccc2)CCS(=O)(=O)C1. The van der Waals surface area contributed by atoms with Crippen LogP contribution in [0.2, 0.25) is 0 Å². The minimum atomic E-state index is -3.00. The van der Waals surface area contributed by atoms with Gasteiger partial charge in [0.05, 0.1) is 23.6 Å². The van der Waals surface area contributed by atoms with Crippen molar-refractivity contribution < 1.29 is 13.2 Å². The second-order valence-electron chi connectivity index (χ2n) is 5.17. The summed E-state index contributed by atoms with van der Waals surface area (Å²) in [4.78, 5) is 11.8. The smallest absolute Gasteiger partial charge is 0.239 e. The number of anilines is 1. The highest BCUT2D eigenvalue weighted by atomic mass is 32.2. The lowest BCUT2D eigenvalue weighted by molar-refractivity contribution is -0.120. The summed E-state index contributed by atoms with van der Waals surface area (Å²) in [6, 6.07) is 9.40. The Hall–Kier alpha value is -1.56. The van der Waals surface area contributed by atoms with Gasteiger partial charge in [-0.05, 0) is 25.5 Å². The van der Waals surface area contributed by atoms with Gasteiger partial charge in [0.15, 0.2) is 9.84 Å². The predicted octanol–water partition coefficient (Wildman–Crippen LogP) is 0.792. The van der Waals surface area contributed by atoms with E-state index < -0.39 is 15.4 Å². The van der Waals surface area contributed by atoms with Crippen LogP contribution in [0.15, 0.2) is 30.3 Å². The molecule has 1 amide bonds. The van der Waals surface area contributed by atoms with Crippen molar-refractivity contribution in [1.82, 2.24) is 5.32 Å². The third-order valence-corrected chi connectivity index (χ3v) is 5.07. The molecule has 5 nitrogen and oxygen atoms in total. The van der Waals surface area contributed by atoms with E-state index in [1.54, 1.807) is 6.92 Å². The van der Waals surface area contributed by atoms with Crippen LogP contribution in [-0.2, 0) is 14.6 Å². The Kier molecular flexibility index (Phi) is 3.80. The van der Waals surface area contributed by atoms with Crippen molar-refractivity contribution in [3.05, 3.63) is 30.3 Å². The molecule has 0 radical (unpaired) electrons. The van der Waals surface area contributed by atoms with Crippen molar-refractivity contribution in [3.8, 4) is 0 Å². The monoisotopic (exact) mass is 282 g/mol. The molecule has 1 aliphatic heterocycles. The molecule has 2 N–H and O–H groups in total. The number of carbonyl (C=O) groups is 1. The average molecular weight is 282 g/mol. The summed E-state index contributed by atoms with van der Waals surface area (Å²) in [5, 5.41) is 5.80. The lowest BCUT2D eigenvalue weighted by atomic mass is 10.0. The van der Waals surface area contributed by atoms with Crippen LogP contribution in [0.4, 0.5) is 5.69 Å². The number of sulfone groups is 1. The van der Waals surface area contributed by atoms with E-state index >= 15 is 0 Å². The van der Waals surface area contributed by atoms with Gasteiger partial charge in [-0.15, -0.1) is 0 Å². The molecule has 1 aromatic rings. The highest BCUT2D eigenvalue weighted by molar-refractivity contribution is 7.91. The van der Waals surface area contributed by atoms with Crippen LogP contribution in [0, 0.1) is 0 Å². The molecular weight excluding hydrogens is 264 g/mol. The highest BCUT2D eigenvalue weighted by Gasteiger charge is 2.39. The molecule has 19 heavy (non-hydrogen) atoms. The first-order chi connectivity index (χ1) is 8.89. The molecule has 1 aromatic carbocycles. The van der Waals surface area contributed by atoms with E-state index in [1.807, 2.05) is 30.3 Å². The minimum Gasteiger partial charge on any atom is -0.376 e. The number of hydrogen-bond acceptors (Lipinski definition) is 4. The molecule has 0 spiro atoms. The van der Waals surface area contributed by atoms with Crippen LogP contribution in [0.5, 0.6) is 0 Å². The summed E-state index contributed by atoms with van der Waals surface area (Å²) in [5.41, 5.74) is 0.232. The number of rotatable bonds is 4. The topological polar surface area (TPSA) is 75.3 Å². The van der Waals surface area contributed by atoms with Crippen molar-refractivity contribution >= 4 is 21.4 Å². The van der Waals surface area contributed by atoms with Crippen LogP contribution in [0.3, 0.4) is 0 Å². The van der Waals surface area contributed by atoms with E-state index in [0.29, 0.717) is 6.42 Å². The fourth-order valence-electron chi connectivity index (χ4n) is 2.23. The van der Waals surface area contributed by atoms with Crippen LogP contribution in [-0.4, -0.2) is 37.9 Å². The maximum atomic E-state index is 11.8. The van der Waals surface area contributed by atoms with Crippen LogP contribution in [0.25, 0.3) is 0 Å². The van der Waals surface area contributed by atoms with Gasteiger partial charge in [0.25, 0.3) is 0 Å². The standard InChI is InChI=1S/C13H18N2O3S/c1-13(7-8-19(17,18)10-13)15-12(16)9-14-11-5-3-2-4-6-11/h2-6,14H,7-10H2,1H3,(H,15,16)/t13-/m0/s1. The number of nitrogens with one attached hydrogen (secondary N) is 2. The molecular formula is C13H18N2O3S. The third-order valence-electron chi connectivity index (χ3n) is 3.17. The second kappa shape index (κ2) is 5.21. The quantitative estimate of drug-likeness (QED) is 0.856.